The van der Waals surface area contributed by atoms with Gasteiger partial charge in [0.2, 0.25) is 0 Å². The quantitative estimate of drug-likeness (QED) is 0.564. The van der Waals surface area contributed by atoms with Crippen LogP contribution in [0.25, 0.3) is 0 Å². The van der Waals surface area contributed by atoms with Crippen LogP contribution in [0.15, 0.2) is 41.8 Å². The summed E-state index contributed by atoms with van der Waals surface area (Å²) in [6.07, 6.45) is 4.62. The normalized spacial score (nSPS) is 10.2. The van der Waals surface area contributed by atoms with Crippen molar-refractivity contribution >= 4 is 23.2 Å². The molecule has 2 amide bonds. The number of rotatable bonds is 8. The van der Waals surface area contributed by atoms with Gasteiger partial charge in [-0.05, 0) is 42.1 Å². The molecule has 2 rings (SSSR count). The summed E-state index contributed by atoms with van der Waals surface area (Å²) in [5, 5.41) is 1.80. The first-order chi connectivity index (χ1) is 11.7. The molecule has 1 heterocycles. The van der Waals surface area contributed by atoms with Crippen LogP contribution in [-0.4, -0.2) is 18.4 Å². The highest BCUT2D eigenvalue weighted by atomic mass is 32.1. The highest BCUT2D eigenvalue weighted by Crippen LogP contribution is 2.13. The van der Waals surface area contributed by atoms with Crippen molar-refractivity contribution in [2.45, 2.75) is 32.6 Å². The molecule has 0 spiro atoms. The van der Waals surface area contributed by atoms with Crippen molar-refractivity contribution in [2.75, 3.05) is 6.61 Å². The molecule has 0 saturated carbocycles. The fourth-order valence-electron chi connectivity index (χ4n) is 2.08. The van der Waals surface area contributed by atoms with Crippen molar-refractivity contribution in [3.8, 4) is 5.75 Å². The molecule has 0 bridgehead atoms. The van der Waals surface area contributed by atoms with E-state index in [2.05, 4.69) is 17.8 Å². The van der Waals surface area contributed by atoms with Crippen LogP contribution in [0.3, 0.4) is 0 Å². The monoisotopic (exact) mass is 346 g/mol. The first-order valence-corrected chi connectivity index (χ1v) is 8.95. The lowest BCUT2D eigenvalue weighted by molar-refractivity contribution is 0.0849. The Morgan fingerprint density at radius 2 is 1.75 bits per heavy atom. The second-order valence-electron chi connectivity index (χ2n) is 5.32. The summed E-state index contributed by atoms with van der Waals surface area (Å²) in [7, 11) is 0. The lowest BCUT2D eigenvalue weighted by atomic mass is 10.2. The van der Waals surface area contributed by atoms with Crippen molar-refractivity contribution in [3.05, 3.63) is 52.2 Å². The molecule has 2 N–H and O–H groups in total. The van der Waals surface area contributed by atoms with Gasteiger partial charge < -0.3 is 4.74 Å². The molecule has 0 aliphatic heterocycles. The number of hydrogen-bond donors (Lipinski definition) is 2. The van der Waals surface area contributed by atoms with Crippen LogP contribution in [0.2, 0.25) is 0 Å². The van der Waals surface area contributed by atoms with Gasteiger partial charge >= 0.3 is 0 Å². The number of hydrogen-bond acceptors (Lipinski definition) is 4. The van der Waals surface area contributed by atoms with Crippen LogP contribution in [-0.2, 0) is 0 Å². The van der Waals surface area contributed by atoms with Gasteiger partial charge in [-0.25, -0.2) is 0 Å². The number of ether oxygens (including phenoxy) is 1. The van der Waals surface area contributed by atoms with Gasteiger partial charge in [-0.2, -0.15) is 0 Å². The Morgan fingerprint density at radius 3 is 2.42 bits per heavy atom. The van der Waals surface area contributed by atoms with E-state index in [0.717, 1.165) is 12.2 Å². The molecule has 0 unspecified atom stereocenters. The summed E-state index contributed by atoms with van der Waals surface area (Å²) < 4.78 is 5.63. The number of nitrogens with one attached hydrogen (secondary N) is 2. The molecule has 2 aromatic rings. The van der Waals surface area contributed by atoms with E-state index in [-0.39, 0.29) is 11.8 Å². The molecule has 5 nitrogen and oxygen atoms in total. The Morgan fingerprint density at radius 1 is 1.00 bits per heavy atom. The van der Waals surface area contributed by atoms with Crippen molar-refractivity contribution in [2.24, 2.45) is 0 Å². The first kappa shape index (κ1) is 18.0. The number of carbonyl (C=O) groups excluding carboxylic acids is 2. The van der Waals surface area contributed by atoms with E-state index in [4.69, 9.17) is 4.74 Å². The van der Waals surface area contributed by atoms with E-state index in [1.165, 1.54) is 30.6 Å². The molecule has 0 atom stereocenters. The van der Waals surface area contributed by atoms with Crippen LogP contribution in [0.5, 0.6) is 5.75 Å². The molecule has 0 aliphatic carbocycles. The SMILES string of the molecule is CCCCCCOc1ccc(C(=O)NNC(=O)c2cccs2)cc1. The number of unbranched alkanes of at least 4 members (excludes halogenated alkanes) is 3. The standard InChI is InChI=1S/C18H22N2O3S/c1-2-3-4-5-12-23-15-10-8-14(9-11-15)17(21)19-20-18(22)16-7-6-13-24-16/h6-11,13H,2-5,12H2,1H3,(H,19,21)(H,20,22). The van der Waals surface area contributed by atoms with Crippen molar-refractivity contribution in [1.29, 1.82) is 0 Å². The predicted molar refractivity (Wildman–Crippen MR) is 95.3 cm³/mol. The summed E-state index contributed by atoms with van der Waals surface area (Å²) in [5.74, 6) is 0.0467. The molecular weight excluding hydrogens is 324 g/mol. The van der Waals surface area contributed by atoms with Crippen molar-refractivity contribution in [1.82, 2.24) is 10.9 Å². The number of thiophene rings is 1. The molecule has 0 fully saturated rings. The van der Waals surface area contributed by atoms with E-state index in [1.54, 1.807) is 41.8 Å². The number of carbonyl (C=O) groups is 2. The summed E-state index contributed by atoms with van der Waals surface area (Å²) in [5.41, 5.74) is 5.25. The van der Waals surface area contributed by atoms with Crippen molar-refractivity contribution < 1.29 is 14.3 Å². The lowest BCUT2D eigenvalue weighted by Gasteiger charge is -2.08. The fourth-order valence-corrected chi connectivity index (χ4v) is 2.70. The van der Waals surface area contributed by atoms with Crippen molar-refractivity contribution in [3.63, 3.8) is 0 Å². The summed E-state index contributed by atoms with van der Waals surface area (Å²) >= 11 is 1.31. The van der Waals surface area contributed by atoms with Gasteiger partial charge in [0, 0.05) is 5.56 Å². The highest BCUT2D eigenvalue weighted by Gasteiger charge is 2.09. The van der Waals surface area contributed by atoms with E-state index in [1.807, 2.05) is 0 Å². The number of amides is 2. The summed E-state index contributed by atoms with van der Waals surface area (Å²) in [4.78, 5) is 24.3. The van der Waals surface area contributed by atoms with Gasteiger partial charge in [0.1, 0.15) is 5.75 Å². The molecule has 1 aromatic carbocycles. The van der Waals surface area contributed by atoms with E-state index in [9.17, 15) is 9.59 Å². The minimum atomic E-state index is -0.366. The second-order valence-corrected chi connectivity index (χ2v) is 6.27. The average Bonchev–Trinajstić information content (AvgIpc) is 3.14. The Kier molecular flexibility index (Phi) is 7.29. The largest absolute Gasteiger partial charge is 0.494 e. The van der Waals surface area contributed by atoms with Crippen LogP contribution in [0.4, 0.5) is 0 Å². The maximum atomic E-state index is 12.0. The molecule has 1 aromatic heterocycles. The minimum absolute atomic E-state index is 0.328. The van der Waals surface area contributed by atoms with Crippen LogP contribution in [0.1, 0.15) is 52.6 Å². The van der Waals surface area contributed by atoms with Gasteiger partial charge in [-0.1, -0.05) is 32.3 Å². The summed E-state index contributed by atoms with van der Waals surface area (Å²) in [6, 6.07) is 10.3. The zero-order valence-corrected chi connectivity index (χ0v) is 14.5. The van der Waals surface area contributed by atoms with Gasteiger partial charge in [-0.15, -0.1) is 11.3 Å². The minimum Gasteiger partial charge on any atom is -0.494 e. The summed E-state index contributed by atoms with van der Waals surface area (Å²) in [6.45, 7) is 2.86. The predicted octanol–water partition coefficient (Wildman–Crippen LogP) is 3.78. The molecule has 128 valence electrons. The van der Waals surface area contributed by atoms with Gasteiger partial charge in [0.25, 0.3) is 11.8 Å². The Labute approximate surface area is 146 Å². The molecule has 24 heavy (non-hydrogen) atoms. The molecule has 0 radical (unpaired) electrons. The Bertz CT molecular complexity index is 639. The molecule has 0 aliphatic rings. The highest BCUT2D eigenvalue weighted by molar-refractivity contribution is 7.12. The smallest absolute Gasteiger partial charge is 0.279 e. The third-order valence-corrected chi connectivity index (χ3v) is 4.29. The average molecular weight is 346 g/mol. The van der Waals surface area contributed by atoms with Gasteiger partial charge in [-0.3, -0.25) is 20.4 Å². The van der Waals surface area contributed by atoms with Crippen LogP contribution < -0.4 is 15.6 Å². The molecule has 0 saturated heterocycles. The van der Waals surface area contributed by atoms with Gasteiger partial charge in [0.05, 0.1) is 11.5 Å². The number of hydrazine groups is 1. The Hall–Kier alpha value is -2.34. The third kappa shape index (κ3) is 5.70. The lowest BCUT2D eigenvalue weighted by Crippen LogP contribution is -2.41. The zero-order chi connectivity index (χ0) is 17.2. The van der Waals surface area contributed by atoms with Crippen LogP contribution >= 0.6 is 11.3 Å². The fraction of sp³-hybridized carbons (Fsp3) is 0.333. The van der Waals surface area contributed by atoms with E-state index in [0.29, 0.717) is 17.0 Å². The third-order valence-electron chi connectivity index (χ3n) is 3.42. The van der Waals surface area contributed by atoms with E-state index >= 15 is 0 Å². The maximum Gasteiger partial charge on any atom is 0.279 e. The van der Waals surface area contributed by atoms with Crippen LogP contribution in [0, 0.1) is 0 Å². The zero-order valence-electron chi connectivity index (χ0n) is 13.7. The maximum absolute atomic E-state index is 12.0. The topological polar surface area (TPSA) is 67.4 Å². The molecular formula is C18H22N2O3S. The first-order valence-electron chi connectivity index (χ1n) is 8.07. The van der Waals surface area contributed by atoms with E-state index < -0.39 is 0 Å². The Balaban J connectivity index is 1.75. The van der Waals surface area contributed by atoms with Gasteiger partial charge in [0.15, 0.2) is 0 Å². The number of benzene rings is 1. The second kappa shape index (κ2) is 9.72. The molecule has 6 heteroatoms.